The van der Waals surface area contributed by atoms with Gasteiger partial charge in [0, 0.05) is 5.69 Å². The molecular formula is C22H27N5O. The Morgan fingerprint density at radius 3 is 2.36 bits per heavy atom. The van der Waals surface area contributed by atoms with Crippen LogP contribution in [0.4, 0.5) is 5.69 Å². The molecule has 0 aliphatic heterocycles. The Labute approximate surface area is 165 Å². The molecule has 28 heavy (non-hydrogen) atoms. The number of benzene rings is 2. The molecule has 6 heteroatoms. The smallest absolute Gasteiger partial charge is 0.181 e. The largest absolute Gasteiger partial charge is 0.497 e. The lowest BCUT2D eigenvalue weighted by atomic mass is 9.76. The minimum absolute atomic E-state index is 0.287. The lowest BCUT2D eigenvalue weighted by Gasteiger charge is -2.39. The van der Waals surface area contributed by atoms with Gasteiger partial charge < -0.3 is 10.1 Å². The van der Waals surface area contributed by atoms with Crippen molar-refractivity contribution in [1.82, 2.24) is 20.2 Å². The van der Waals surface area contributed by atoms with Gasteiger partial charge in [-0.25, -0.2) is 0 Å². The molecule has 1 saturated carbocycles. The predicted molar refractivity (Wildman–Crippen MR) is 110 cm³/mol. The highest BCUT2D eigenvalue weighted by Crippen LogP contribution is 2.41. The number of aromatic nitrogens is 4. The van der Waals surface area contributed by atoms with E-state index in [4.69, 9.17) is 4.74 Å². The zero-order chi connectivity index (χ0) is 19.6. The highest BCUT2D eigenvalue weighted by molar-refractivity contribution is 5.48. The van der Waals surface area contributed by atoms with Crippen LogP contribution in [-0.2, 0) is 5.54 Å². The first-order valence-electron chi connectivity index (χ1n) is 9.88. The lowest BCUT2D eigenvalue weighted by molar-refractivity contribution is 0.255. The Hall–Kier alpha value is -2.89. The van der Waals surface area contributed by atoms with Gasteiger partial charge in [0.15, 0.2) is 5.82 Å². The number of anilines is 1. The molecule has 2 aromatic carbocycles. The van der Waals surface area contributed by atoms with Gasteiger partial charge in [-0.05, 0) is 85.3 Å². The summed E-state index contributed by atoms with van der Waals surface area (Å²) in [5, 5.41) is 16.6. The summed E-state index contributed by atoms with van der Waals surface area (Å²) in [6.07, 6.45) is 4.29. The van der Waals surface area contributed by atoms with E-state index in [1.807, 2.05) is 28.9 Å². The normalized spacial score (nSPS) is 22.0. The van der Waals surface area contributed by atoms with Crippen molar-refractivity contribution in [3.8, 4) is 11.4 Å². The first-order chi connectivity index (χ1) is 13.6. The molecule has 0 amide bonds. The number of methoxy groups -OCH3 is 1. The predicted octanol–water partition coefficient (Wildman–Crippen LogP) is 4.50. The van der Waals surface area contributed by atoms with Crippen molar-refractivity contribution in [2.24, 2.45) is 5.92 Å². The molecule has 3 aromatic rings. The van der Waals surface area contributed by atoms with Crippen molar-refractivity contribution in [2.45, 2.75) is 45.1 Å². The summed E-state index contributed by atoms with van der Waals surface area (Å²) in [6.45, 7) is 4.42. The highest BCUT2D eigenvalue weighted by Gasteiger charge is 2.40. The highest BCUT2D eigenvalue weighted by atomic mass is 16.5. The van der Waals surface area contributed by atoms with Crippen molar-refractivity contribution in [3.05, 3.63) is 59.9 Å². The molecule has 0 bridgehead atoms. The Bertz CT molecular complexity index is 909. The Kier molecular flexibility index (Phi) is 5.03. The lowest BCUT2D eigenvalue weighted by Crippen LogP contribution is -2.41. The van der Waals surface area contributed by atoms with E-state index in [0.717, 1.165) is 54.5 Å². The summed E-state index contributed by atoms with van der Waals surface area (Å²) in [7, 11) is 1.67. The number of ether oxygens (including phenoxy) is 1. The summed E-state index contributed by atoms with van der Waals surface area (Å²) >= 11 is 0. The summed E-state index contributed by atoms with van der Waals surface area (Å²) in [5.74, 6) is 2.40. The second-order valence-corrected chi connectivity index (χ2v) is 7.87. The fraction of sp³-hybridized carbons (Fsp3) is 0.409. The van der Waals surface area contributed by atoms with Gasteiger partial charge in [0.1, 0.15) is 5.75 Å². The Morgan fingerprint density at radius 1 is 1.04 bits per heavy atom. The minimum atomic E-state index is -0.287. The van der Waals surface area contributed by atoms with Gasteiger partial charge in [0.05, 0.1) is 18.3 Å². The van der Waals surface area contributed by atoms with Crippen molar-refractivity contribution in [3.63, 3.8) is 0 Å². The van der Waals surface area contributed by atoms with Gasteiger partial charge >= 0.3 is 0 Å². The van der Waals surface area contributed by atoms with E-state index in [0.29, 0.717) is 0 Å². The van der Waals surface area contributed by atoms with Gasteiger partial charge in [0.25, 0.3) is 0 Å². The van der Waals surface area contributed by atoms with Crippen LogP contribution < -0.4 is 10.1 Å². The van der Waals surface area contributed by atoms with Crippen molar-refractivity contribution >= 4 is 5.69 Å². The van der Waals surface area contributed by atoms with E-state index in [2.05, 4.69) is 59.0 Å². The maximum absolute atomic E-state index is 5.28. The second kappa shape index (κ2) is 7.62. The third-order valence-electron chi connectivity index (χ3n) is 5.78. The molecular weight excluding hydrogens is 350 g/mol. The maximum atomic E-state index is 5.28. The number of tetrazole rings is 1. The van der Waals surface area contributed by atoms with E-state index in [1.165, 1.54) is 5.56 Å². The van der Waals surface area contributed by atoms with Crippen LogP contribution in [-0.4, -0.2) is 27.3 Å². The monoisotopic (exact) mass is 377 g/mol. The van der Waals surface area contributed by atoms with Gasteiger partial charge in [-0.15, -0.1) is 5.10 Å². The molecule has 146 valence electrons. The molecule has 1 aromatic heterocycles. The van der Waals surface area contributed by atoms with Crippen molar-refractivity contribution in [2.75, 3.05) is 12.4 Å². The van der Waals surface area contributed by atoms with Gasteiger partial charge in [-0.3, -0.25) is 0 Å². The number of hydrogen-bond acceptors (Lipinski definition) is 5. The topological polar surface area (TPSA) is 64.9 Å². The minimum Gasteiger partial charge on any atom is -0.497 e. The number of nitrogens with one attached hydrogen (secondary N) is 1. The van der Waals surface area contributed by atoms with Gasteiger partial charge in [0.2, 0.25) is 0 Å². The zero-order valence-corrected chi connectivity index (χ0v) is 16.7. The molecule has 4 rings (SSSR count). The van der Waals surface area contributed by atoms with Crippen LogP contribution in [0.25, 0.3) is 5.69 Å². The Morgan fingerprint density at radius 2 is 1.71 bits per heavy atom. The standard InChI is InChI=1S/C22H27N5O/c1-16-4-6-18(7-5-16)23-22(14-12-17(2)13-15-22)21-24-25-26-27(21)19-8-10-20(28-3)11-9-19/h4-11,17,23H,12-15H2,1-3H3. The second-order valence-electron chi connectivity index (χ2n) is 7.87. The molecule has 1 heterocycles. The summed E-state index contributed by atoms with van der Waals surface area (Å²) in [4.78, 5) is 0. The van der Waals surface area contributed by atoms with Crippen LogP contribution >= 0.6 is 0 Å². The fourth-order valence-corrected chi connectivity index (χ4v) is 3.96. The molecule has 6 nitrogen and oxygen atoms in total. The fourth-order valence-electron chi connectivity index (χ4n) is 3.96. The summed E-state index contributed by atoms with van der Waals surface area (Å²) in [6, 6.07) is 16.4. The number of hydrogen-bond donors (Lipinski definition) is 1. The Balaban J connectivity index is 1.73. The van der Waals surface area contributed by atoms with E-state index in [9.17, 15) is 0 Å². The van der Waals surface area contributed by atoms with E-state index >= 15 is 0 Å². The zero-order valence-electron chi connectivity index (χ0n) is 16.7. The van der Waals surface area contributed by atoms with E-state index in [1.54, 1.807) is 7.11 Å². The van der Waals surface area contributed by atoms with Crippen LogP contribution in [0.5, 0.6) is 5.75 Å². The van der Waals surface area contributed by atoms with Crippen LogP contribution in [0, 0.1) is 12.8 Å². The molecule has 0 spiro atoms. The summed E-state index contributed by atoms with van der Waals surface area (Å²) < 4.78 is 7.14. The van der Waals surface area contributed by atoms with E-state index in [-0.39, 0.29) is 5.54 Å². The van der Waals surface area contributed by atoms with Crippen molar-refractivity contribution < 1.29 is 4.74 Å². The van der Waals surface area contributed by atoms with Crippen LogP contribution in [0.2, 0.25) is 0 Å². The summed E-state index contributed by atoms with van der Waals surface area (Å²) in [5.41, 5.74) is 3.00. The average Bonchev–Trinajstić information content (AvgIpc) is 3.22. The first kappa shape index (κ1) is 18.5. The van der Waals surface area contributed by atoms with Crippen LogP contribution in [0.1, 0.15) is 44.0 Å². The third kappa shape index (κ3) is 3.59. The molecule has 0 atom stereocenters. The number of rotatable bonds is 5. The first-order valence-corrected chi connectivity index (χ1v) is 9.88. The number of aryl methyl sites for hydroxylation is 1. The van der Waals surface area contributed by atoms with Gasteiger partial charge in [-0.1, -0.05) is 24.6 Å². The SMILES string of the molecule is COc1ccc(-n2nnnc2C2(Nc3ccc(C)cc3)CCC(C)CC2)cc1. The quantitative estimate of drug-likeness (QED) is 0.709. The van der Waals surface area contributed by atoms with Crippen molar-refractivity contribution in [1.29, 1.82) is 0 Å². The van der Waals surface area contributed by atoms with Crippen LogP contribution in [0.3, 0.4) is 0 Å². The molecule has 0 unspecified atom stereocenters. The molecule has 1 N–H and O–H groups in total. The molecule has 1 aliphatic rings. The maximum Gasteiger partial charge on any atom is 0.181 e. The molecule has 1 aliphatic carbocycles. The van der Waals surface area contributed by atoms with Crippen LogP contribution in [0.15, 0.2) is 48.5 Å². The molecule has 1 fully saturated rings. The third-order valence-corrected chi connectivity index (χ3v) is 5.78. The van der Waals surface area contributed by atoms with Gasteiger partial charge in [-0.2, -0.15) is 4.68 Å². The average molecular weight is 377 g/mol. The number of nitrogens with zero attached hydrogens (tertiary/aromatic N) is 4. The van der Waals surface area contributed by atoms with E-state index < -0.39 is 0 Å². The molecule has 0 radical (unpaired) electrons. The molecule has 0 saturated heterocycles.